The molecule has 1 fully saturated rings. The topological polar surface area (TPSA) is 39.7 Å². The van der Waals surface area contributed by atoms with Gasteiger partial charge in [-0.3, -0.25) is 9.89 Å². The van der Waals surface area contributed by atoms with Crippen molar-refractivity contribution >= 4 is 5.96 Å². The monoisotopic (exact) mass is 350 g/mol. The molecule has 2 rings (SSSR count). The lowest BCUT2D eigenvalue weighted by Gasteiger charge is -2.33. The van der Waals surface area contributed by atoms with Crippen LogP contribution in [0.2, 0.25) is 0 Å². The number of hydrogen-bond acceptors (Lipinski definition) is 2. The van der Waals surface area contributed by atoms with Gasteiger partial charge in [0.2, 0.25) is 0 Å². The molecule has 1 heterocycles. The van der Waals surface area contributed by atoms with Crippen LogP contribution in [0, 0.1) is 11.6 Å². The Kier molecular flexibility index (Phi) is 7.37. The number of benzene rings is 1. The summed E-state index contributed by atoms with van der Waals surface area (Å²) in [6.07, 6.45) is 2.50. The first-order chi connectivity index (χ1) is 12.0. The molecule has 1 aliphatic rings. The Morgan fingerprint density at radius 1 is 1.32 bits per heavy atom. The van der Waals surface area contributed by atoms with Gasteiger partial charge in [-0.05, 0) is 37.8 Å². The van der Waals surface area contributed by atoms with E-state index in [9.17, 15) is 8.78 Å². The van der Waals surface area contributed by atoms with Gasteiger partial charge < -0.3 is 10.6 Å². The maximum Gasteiger partial charge on any atom is 0.191 e. The summed E-state index contributed by atoms with van der Waals surface area (Å²) < 4.78 is 26.9. The molecule has 1 saturated heterocycles. The summed E-state index contributed by atoms with van der Waals surface area (Å²) >= 11 is 0. The maximum absolute atomic E-state index is 13.6. The molecule has 138 valence electrons. The summed E-state index contributed by atoms with van der Waals surface area (Å²) in [5.74, 6) is -0.867. The summed E-state index contributed by atoms with van der Waals surface area (Å²) in [6.45, 7) is 9.54. The van der Waals surface area contributed by atoms with Gasteiger partial charge >= 0.3 is 0 Å². The van der Waals surface area contributed by atoms with E-state index < -0.39 is 11.6 Å². The van der Waals surface area contributed by atoms with E-state index in [1.165, 1.54) is 11.6 Å². The molecular weight excluding hydrogens is 322 g/mol. The second-order valence-corrected chi connectivity index (χ2v) is 6.61. The van der Waals surface area contributed by atoms with Gasteiger partial charge in [0.25, 0.3) is 0 Å². The lowest BCUT2D eigenvalue weighted by Crippen LogP contribution is -2.49. The van der Waals surface area contributed by atoms with Crippen molar-refractivity contribution in [3.05, 3.63) is 47.5 Å². The van der Waals surface area contributed by atoms with Crippen molar-refractivity contribution < 1.29 is 8.78 Å². The molecule has 0 unspecified atom stereocenters. The van der Waals surface area contributed by atoms with Crippen LogP contribution in [0.25, 0.3) is 0 Å². The molecule has 2 N–H and O–H groups in total. The zero-order valence-corrected chi connectivity index (χ0v) is 15.1. The van der Waals surface area contributed by atoms with Gasteiger partial charge in [0.1, 0.15) is 0 Å². The fourth-order valence-electron chi connectivity index (χ4n) is 3.06. The van der Waals surface area contributed by atoms with Gasteiger partial charge in [0.05, 0.1) is 0 Å². The van der Waals surface area contributed by atoms with Crippen LogP contribution in [0.15, 0.2) is 35.3 Å². The highest BCUT2D eigenvalue weighted by atomic mass is 19.2. The van der Waals surface area contributed by atoms with Crippen LogP contribution in [0.4, 0.5) is 8.78 Å². The molecule has 25 heavy (non-hydrogen) atoms. The Morgan fingerprint density at radius 2 is 2.04 bits per heavy atom. The summed E-state index contributed by atoms with van der Waals surface area (Å²) in [7, 11) is 1.72. The Morgan fingerprint density at radius 3 is 2.68 bits per heavy atom. The lowest BCUT2D eigenvalue weighted by atomic mass is 10.0. The minimum absolute atomic E-state index is 0.371. The number of piperidine rings is 1. The van der Waals surface area contributed by atoms with Crippen LogP contribution >= 0.6 is 0 Å². The second-order valence-electron chi connectivity index (χ2n) is 6.61. The number of guanidine groups is 1. The molecule has 0 radical (unpaired) electrons. The van der Waals surface area contributed by atoms with E-state index >= 15 is 0 Å². The molecule has 0 saturated carbocycles. The largest absolute Gasteiger partial charge is 0.356 e. The fraction of sp³-hybridized carbons (Fsp3) is 0.526. The van der Waals surface area contributed by atoms with Gasteiger partial charge in [-0.25, -0.2) is 8.78 Å². The van der Waals surface area contributed by atoms with Crippen LogP contribution in [0.5, 0.6) is 0 Å². The van der Waals surface area contributed by atoms with E-state index in [0.29, 0.717) is 30.5 Å². The summed E-state index contributed by atoms with van der Waals surface area (Å²) in [5, 5.41) is 6.59. The van der Waals surface area contributed by atoms with E-state index in [1.54, 1.807) is 13.1 Å². The lowest BCUT2D eigenvalue weighted by molar-refractivity contribution is 0.221. The number of likely N-dealkylation sites (tertiary alicyclic amines) is 1. The number of aliphatic imine (C=N–C) groups is 1. The molecule has 0 atom stereocenters. The van der Waals surface area contributed by atoms with Crippen molar-refractivity contribution in [1.29, 1.82) is 0 Å². The molecule has 6 heteroatoms. The summed E-state index contributed by atoms with van der Waals surface area (Å²) in [6, 6.07) is 4.64. The Bertz CT molecular complexity index is 607. The van der Waals surface area contributed by atoms with Crippen LogP contribution in [-0.4, -0.2) is 50.1 Å². The normalized spacial score (nSPS) is 16.7. The van der Waals surface area contributed by atoms with Gasteiger partial charge in [-0.1, -0.05) is 24.3 Å². The first kappa shape index (κ1) is 19.4. The van der Waals surface area contributed by atoms with Crippen molar-refractivity contribution in [3.8, 4) is 0 Å². The predicted octanol–water partition coefficient (Wildman–Crippen LogP) is 2.71. The number of rotatable bonds is 6. The molecule has 0 aromatic heterocycles. The molecule has 4 nitrogen and oxygen atoms in total. The minimum atomic E-state index is -0.804. The zero-order chi connectivity index (χ0) is 18.2. The van der Waals surface area contributed by atoms with Gasteiger partial charge in [0.15, 0.2) is 17.6 Å². The smallest absolute Gasteiger partial charge is 0.191 e. The van der Waals surface area contributed by atoms with Crippen molar-refractivity contribution in [3.63, 3.8) is 0 Å². The summed E-state index contributed by atoms with van der Waals surface area (Å²) in [4.78, 5) is 6.63. The van der Waals surface area contributed by atoms with E-state index in [2.05, 4.69) is 34.0 Å². The van der Waals surface area contributed by atoms with Gasteiger partial charge in [0, 0.05) is 39.3 Å². The van der Waals surface area contributed by atoms with Crippen LogP contribution in [-0.2, 0) is 6.42 Å². The Balaban J connectivity index is 1.74. The number of halogens is 2. The van der Waals surface area contributed by atoms with E-state index in [-0.39, 0.29) is 0 Å². The second kappa shape index (κ2) is 9.51. The third-order valence-corrected chi connectivity index (χ3v) is 4.36. The molecular formula is C19H28F2N4. The predicted molar refractivity (Wildman–Crippen MR) is 98.8 cm³/mol. The van der Waals surface area contributed by atoms with Crippen LogP contribution in [0.1, 0.15) is 25.3 Å². The Hall–Kier alpha value is -1.95. The van der Waals surface area contributed by atoms with Crippen molar-refractivity contribution in [2.45, 2.75) is 32.2 Å². The maximum atomic E-state index is 13.6. The highest BCUT2D eigenvalue weighted by Gasteiger charge is 2.19. The average molecular weight is 350 g/mol. The highest BCUT2D eigenvalue weighted by Crippen LogP contribution is 2.12. The van der Waals surface area contributed by atoms with Crippen LogP contribution < -0.4 is 10.6 Å². The molecule has 0 bridgehead atoms. The standard InChI is InChI=1S/C19H28F2N4/c1-14(2)13-25-11-8-16(9-12-25)24-19(22-3)23-10-7-15-5-4-6-17(20)18(15)21/h4-6,16H,1,7-13H2,2-3H3,(H2,22,23,24). The quantitative estimate of drug-likeness (QED) is 0.471. The van der Waals surface area contributed by atoms with Crippen molar-refractivity contribution in [1.82, 2.24) is 15.5 Å². The Labute approximate surface area is 149 Å². The SMILES string of the molecule is C=C(C)CN1CCC(NC(=NC)NCCc2cccc(F)c2F)CC1. The molecule has 1 aliphatic heterocycles. The zero-order valence-electron chi connectivity index (χ0n) is 15.1. The minimum Gasteiger partial charge on any atom is -0.356 e. The number of nitrogens with one attached hydrogen (secondary N) is 2. The third kappa shape index (κ3) is 6.12. The number of nitrogens with zero attached hydrogens (tertiary/aromatic N) is 2. The van der Waals surface area contributed by atoms with E-state index in [4.69, 9.17) is 0 Å². The van der Waals surface area contributed by atoms with Crippen LogP contribution in [0.3, 0.4) is 0 Å². The number of hydrogen-bond donors (Lipinski definition) is 2. The van der Waals surface area contributed by atoms with Gasteiger partial charge in [-0.2, -0.15) is 0 Å². The van der Waals surface area contributed by atoms with Crippen molar-refractivity contribution in [2.24, 2.45) is 4.99 Å². The summed E-state index contributed by atoms with van der Waals surface area (Å²) in [5.41, 5.74) is 1.56. The fourth-order valence-corrected chi connectivity index (χ4v) is 3.06. The molecule has 1 aromatic rings. The van der Waals surface area contributed by atoms with Crippen molar-refractivity contribution in [2.75, 3.05) is 33.2 Å². The third-order valence-electron chi connectivity index (χ3n) is 4.36. The van der Waals surface area contributed by atoms with E-state index in [1.807, 2.05) is 0 Å². The van der Waals surface area contributed by atoms with Gasteiger partial charge in [-0.15, -0.1) is 0 Å². The first-order valence-electron chi connectivity index (χ1n) is 8.76. The van der Waals surface area contributed by atoms with E-state index in [0.717, 1.165) is 38.5 Å². The molecule has 0 spiro atoms. The molecule has 1 aromatic carbocycles. The average Bonchev–Trinajstić information content (AvgIpc) is 2.59. The highest BCUT2D eigenvalue weighted by molar-refractivity contribution is 5.79. The first-order valence-corrected chi connectivity index (χ1v) is 8.76. The molecule has 0 aliphatic carbocycles. The molecule has 0 amide bonds.